The first-order valence-corrected chi connectivity index (χ1v) is 3.77. The third kappa shape index (κ3) is 4.49. The lowest BCUT2D eigenvalue weighted by molar-refractivity contribution is -0.137. The summed E-state index contributed by atoms with van der Waals surface area (Å²) in [7, 11) is 0. The maximum Gasteiger partial charge on any atom is 0.417 e. The van der Waals surface area contributed by atoms with Crippen molar-refractivity contribution in [2.24, 2.45) is 0 Å². The molecule has 0 radical (unpaired) electrons. The smallest absolute Gasteiger partial charge is 0.417 e. The van der Waals surface area contributed by atoms with Crippen molar-refractivity contribution in [1.82, 2.24) is 0 Å². The zero-order chi connectivity index (χ0) is 12.1. The van der Waals surface area contributed by atoms with E-state index in [-0.39, 0.29) is 0 Å². The Kier molecular flexibility index (Phi) is 4.84. The van der Waals surface area contributed by atoms with Crippen LogP contribution in [-0.4, -0.2) is 11.2 Å². The van der Waals surface area contributed by atoms with Crippen molar-refractivity contribution >= 4 is 17.7 Å². The molecule has 1 aromatic carbocycles. The van der Waals surface area contributed by atoms with Gasteiger partial charge in [-0.1, -0.05) is 11.6 Å². The fourth-order valence-electron chi connectivity index (χ4n) is 0.730. The van der Waals surface area contributed by atoms with Gasteiger partial charge in [0.05, 0.1) is 10.6 Å². The Hall–Kier alpha value is -1.52. The van der Waals surface area contributed by atoms with Crippen LogP contribution in [0.5, 0.6) is 5.75 Å². The summed E-state index contributed by atoms with van der Waals surface area (Å²) >= 11 is 5.25. The first-order chi connectivity index (χ1) is 6.82. The Morgan fingerprint density at radius 1 is 1.40 bits per heavy atom. The lowest BCUT2D eigenvalue weighted by atomic mass is 10.2. The van der Waals surface area contributed by atoms with Crippen molar-refractivity contribution in [3.63, 3.8) is 0 Å². The second-order valence-electron chi connectivity index (χ2n) is 2.25. The Morgan fingerprint density at radius 2 is 1.87 bits per heavy atom. The molecule has 1 N–H and O–H groups in total. The van der Waals surface area contributed by atoms with E-state index in [9.17, 15) is 13.2 Å². The predicted octanol–water partition coefficient (Wildman–Crippen LogP) is 2.96. The van der Waals surface area contributed by atoms with Gasteiger partial charge in [-0.3, -0.25) is 4.79 Å². The number of carbonyl (C=O) groups excluding carboxylic acids is 1. The monoisotopic (exact) mass is 238 g/mol. The lowest BCUT2D eigenvalue weighted by Crippen LogP contribution is -2.05. The molecule has 0 aliphatic rings. The number of nitrogens with zero attached hydrogens (tertiary/aromatic N) is 1. The molecule has 0 aromatic heterocycles. The largest absolute Gasteiger partial charge is 0.724 e. The number of hydrogen-bond donors (Lipinski definition) is 1. The van der Waals surface area contributed by atoms with Crippen molar-refractivity contribution in [3.05, 3.63) is 34.2 Å². The van der Waals surface area contributed by atoms with Crippen LogP contribution in [0.25, 0.3) is 5.41 Å². The van der Waals surface area contributed by atoms with Crippen molar-refractivity contribution in [2.45, 2.75) is 6.18 Å². The van der Waals surface area contributed by atoms with Gasteiger partial charge >= 0.3 is 6.18 Å². The molecule has 7 heteroatoms. The Morgan fingerprint density at radius 3 is 2.20 bits per heavy atom. The highest BCUT2D eigenvalue weighted by atomic mass is 35.5. The average Bonchev–Trinajstić information content (AvgIpc) is 2.09. The summed E-state index contributed by atoms with van der Waals surface area (Å²) < 4.78 is 36.1. The fraction of sp³-hybridized carbons (Fsp3) is 0.125. The topological polar surface area (TPSA) is 59.6 Å². The van der Waals surface area contributed by atoms with E-state index in [0.29, 0.717) is 12.1 Å². The second-order valence-corrected chi connectivity index (χ2v) is 2.66. The number of halogens is 4. The van der Waals surface area contributed by atoms with Crippen LogP contribution >= 0.6 is 11.6 Å². The van der Waals surface area contributed by atoms with Crippen LogP contribution in [0.2, 0.25) is 5.02 Å². The van der Waals surface area contributed by atoms with E-state index >= 15 is 0 Å². The molecular weight excluding hydrogens is 235 g/mol. The molecule has 15 heavy (non-hydrogen) atoms. The third-order valence-corrected chi connectivity index (χ3v) is 1.58. The number of phenolic OH excluding ortho intramolecular Hbond substituents is 1. The van der Waals surface area contributed by atoms with E-state index in [1.165, 1.54) is 0 Å². The van der Waals surface area contributed by atoms with Crippen LogP contribution in [0.1, 0.15) is 5.56 Å². The van der Waals surface area contributed by atoms with Crippen molar-refractivity contribution in [1.29, 1.82) is 0 Å². The van der Waals surface area contributed by atoms with Gasteiger partial charge in [0.15, 0.2) is 0 Å². The van der Waals surface area contributed by atoms with Crippen molar-refractivity contribution in [3.8, 4) is 5.75 Å². The first-order valence-electron chi connectivity index (χ1n) is 3.40. The maximum absolute atomic E-state index is 12.0. The molecule has 0 atom stereocenters. The Labute approximate surface area is 87.6 Å². The standard InChI is InChI=1S/C7H4ClF3O.CNO/c8-6-2-1-4(12)3-5(6)7(9,10)11;2-1-3/h1-3,12H;/q;-1. The number of isocyanates is 1. The summed E-state index contributed by atoms with van der Waals surface area (Å²) in [5.41, 5.74) is -1.02. The van der Waals surface area contributed by atoms with Crippen LogP contribution < -0.4 is 0 Å². The van der Waals surface area contributed by atoms with Gasteiger partial charge in [0.25, 0.3) is 0 Å². The van der Waals surface area contributed by atoms with Gasteiger partial charge in [-0.15, -0.1) is 0 Å². The van der Waals surface area contributed by atoms with Gasteiger partial charge in [-0.05, 0) is 24.3 Å². The van der Waals surface area contributed by atoms with Gasteiger partial charge < -0.3 is 10.5 Å². The third-order valence-electron chi connectivity index (χ3n) is 1.26. The molecule has 3 nitrogen and oxygen atoms in total. The molecule has 0 unspecified atom stereocenters. The molecule has 0 fully saturated rings. The number of benzene rings is 1. The summed E-state index contributed by atoms with van der Waals surface area (Å²) in [6.45, 7) is 0. The SMILES string of the molecule is Oc1ccc(Cl)c(C(F)(F)F)c1.[N-]=C=O. The highest BCUT2D eigenvalue weighted by molar-refractivity contribution is 6.31. The highest BCUT2D eigenvalue weighted by Gasteiger charge is 2.33. The molecule has 0 bridgehead atoms. The van der Waals surface area contributed by atoms with Crippen LogP contribution in [0, 0.1) is 0 Å². The van der Waals surface area contributed by atoms with E-state index in [1.807, 2.05) is 0 Å². The second kappa shape index (κ2) is 5.38. The summed E-state index contributed by atoms with van der Waals surface area (Å²) in [5, 5.41) is 15.1. The number of rotatable bonds is 0. The van der Waals surface area contributed by atoms with Gasteiger partial charge in [0, 0.05) is 0 Å². The minimum atomic E-state index is -4.52. The molecule has 82 valence electrons. The minimum Gasteiger partial charge on any atom is -0.724 e. The molecule has 0 spiro atoms. The maximum atomic E-state index is 12.0. The normalized spacial score (nSPS) is 9.87. The first kappa shape index (κ1) is 13.5. The lowest BCUT2D eigenvalue weighted by Gasteiger charge is -2.08. The van der Waals surface area contributed by atoms with Crippen LogP contribution in [0.3, 0.4) is 0 Å². The summed E-state index contributed by atoms with van der Waals surface area (Å²) in [5.74, 6) is -0.452. The molecule has 0 aliphatic heterocycles. The number of hydrogen-bond acceptors (Lipinski definition) is 2. The van der Waals surface area contributed by atoms with Crippen LogP contribution in [0.4, 0.5) is 13.2 Å². The van der Waals surface area contributed by atoms with E-state index < -0.39 is 22.5 Å². The van der Waals surface area contributed by atoms with Crippen molar-refractivity contribution < 1.29 is 23.1 Å². The zero-order valence-corrected chi connectivity index (χ0v) is 7.80. The van der Waals surface area contributed by atoms with E-state index in [4.69, 9.17) is 26.9 Å². The van der Waals surface area contributed by atoms with Gasteiger partial charge in [-0.25, -0.2) is 0 Å². The average molecular weight is 239 g/mol. The summed E-state index contributed by atoms with van der Waals surface area (Å²) in [6, 6.07) is 2.68. The van der Waals surface area contributed by atoms with Crippen LogP contribution in [-0.2, 0) is 11.0 Å². The van der Waals surface area contributed by atoms with E-state index in [2.05, 4.69) is 0 Å². The molecule has 1 rings (SSSR count). The van der Waals surface area contributed by atoms with Crippen LogP contribution in [0.15, 0.2) is 18.2 Å². The fourth-order valence-corrected chi connectivity index (χ4v) is 0.955. The Bertz CT molecular complexity index is 373. The number of phenols is 1. The Balaban J connectivity index is 0.000000583. The van der Waals surface area contributed by atoms with E-state index in [0.717, 1.165) is 12.1 Å². The molecule has 0 aliphatic carbocycles. The quantitative estimate of drug-likeness (QED) is 0.558. The minimum absolute atomic E-state index is 0.416. The molecular formula is C8H4ClF3NO2-. The molecule has 0 saturated heterocycles. The van der Waals surface area contributed by atoms with E-state index in [1.54, 1.807) is 0 Å². The predicted molar refractivity (Wildman–Crippen MR) is 47.2 cm³/mol. The van der Waals surface area contributed by atoms with Gasteiger partial charge in [0.2, 0.25) is 0 Å². The van der Waals surface area contributed by atoms with Gasteiger partial charge in [-0.2, -0.15) is 13.2 Å². The zero-order valence-electron chi connectivity index (χ0n) is 7.05. The molecule has 1 aromatic rings. The number of aromatic hydroxyl groups is 1. The summed E-state index contributed by atoms with van der Waals surface area (Å²) in [4.78, 5) is 8.24. The number of alkyl halides is 3. The molecule has 0 amide bonds. The molecule has 0 saturated carbocycles. The summed E-state index contributed by atoms with van der Waals surface area (Å²) in [6.07, 6.45) is -4.02. The highest BCUT2D eigenvalue weighted by Crippen LogP contribution is 2.36. The van der Waals surface area contributed by atoms with Gasteiger partial charge in [0.1, 0.15) is 5.75 Å². The molecule has 0 heterocycles. The van der Waals surface area contributed by atoms with Crippen molar-refractivity contribution in [2.75, 3.05) is 0 Å².